The molecule has 3 rings (SSSR count). The number of nitrogens with zero attached hydrogens (tertiary/aromatic N) is 2. The molecule has 3 aromatic rings. The number of amides is 2. The highest BCUT2D eigenvalue weighted by molar-refractivity contribution is 5.99. The van der Waals surface area contributed by atoms with Gasteiger partial charge in [0.05, 0.1) is 0 Å². The fourth-order valence-corrected chi connectivity index (χ4v) is 3.43. The average molecular weight is 461 g/mol. The summed E-state index contributed by atoms with van der Waals surface area (Å²) >= 11 is 0. The summed E-state index contributed by atoms with van der Waals surface area (Å²) in [4.78, 5) is 43.1. The van der Waals surface area contributed by atoms with E-state index in [9.17, 15) is 14.4 Å². The van der Waals surface area contributed by atoms with Crippen LogP contribution in [0.1, 0.15) is 57.8 Å². The Balaban J connectivity index is 1.82. The minimum Gasteiger partial charge on any atom is -0.352 e. The van der Waals surface area contributed by atoms with Crippen LogP contribution in [0.2, 0.25) is 0 Å². The van der Waals surface area contributed by atoms with Crippen molar-refractivity contribution >= 4 is 11.8 Å². The summed E-state index contributed by atoms with van der Waals surface area (Å²) in [7, 11) is 0. The van der Waals surface area contributed by atoms with Gasteiger partial charge < -0.3 is 15.2 Å². The number of benzene rings is 1. The molecule has 7 heteroatoms. The molecule has 0 saturated heterocycles. The van der Waals surface area contributed by atoms with E-state index in [0.29, 0.717) is 25.4 Å². The fraction of sp³-hybridized carbons (Fsp3) is 0.333. The molecule has 2 N–H and O–H groups in total. The molecule has 178 valence electrons. The number of hydrogen-bond acceptors (Lipinski definition) is 4. The number of nitrogens with one attached hydrogen (secondary N) is 2. The van der Waals surface area contributed by atoms with Crippen LogP contribution in [0.5, 0.6) is 0 Å². The van der Waals surface area contributed by atoms with E-state index in [-0.39, 0.29) is 17.7 Å². The van der Waals surface area contributed by atoms with Crippen LogP contribution in [0.25, 0.3) is 0 Å². The molecule has 34 heavy (non-hydrogen) atoms. The molecule has 0 unspecified atom stereocenters. The quantitative estimate of drug-likeness (QED) is 0.484. The summed E-state index contributed by atoms with van der Waals surface area (Å²) in [6.45, 7) is 7.35. The standard InChI is InChI=1S/C27H32N4O3/c1-19(2)11-14-29-26(33)23-17-31(15-12-22-6-4-5-13-28-22)18-24(25(23)32)27(34)30-16-21-9-7-20(3)8-10-21/h4-10,13,17-19H,11-12,14-16H2,1-3H3,(H,29,33)(H,30,34). The van der Waals surface area contributed by atoms with Crippen LogP contribution >= 0.6 is 0 Å². The molecule has 2 amide bonds. The number of carbonyl (C=O) groups excluding carboxylic acids is 2. The SMILES string of the molecule is Cc1ccc(CNC(=O)c2cn(CCc3ccccn3)cc(C(=O)NCCC(C)C)c2=O)cc1. The molecule has 0 atom stereocenters. The number of hydrogen-bond donors (Lipinski definition) is 2. The number of aryl methyl sites for hydroxylation is 3. The molecule has 2 aromatic heterocycles. The minimum atomic E-state index is -0.572. The Morgan fingerprint density at radius 2 is 1.65 bits per heavy atom. The Morgan fingerprint density at radius 1 is 0.971 bits per heavy atom. The van der Waals surface area contributed by atoms with Crippen LogP contribution < -0.4 is 16.1 Å². The van der Waals surface area contributed by atoms with Crippen molar-refractivity contribution in [3.05, 3.63) is 99.2 Å². The lowest BCUT2D eigenvalue weighted by Gasteiger charge is -2.13. The van der Waals surface area contributed by atoms with Crippen LogP contribution in [0.15, 0.2) is 65.8 Å². The van der Waals surface area contributed by atoms with Gasteiger partial charge in [0.1, 0.15) is 11.1 Å². The monoisotopic (exact) mass is 460 g/mol. The van der Waals surface area contributed by atoms with Gasteiger partial charge in [0.2, 0.25) is 5.43 Å². The molecule has 0 spiro atoms. The molecule has 0 aliphatic rings. The zero-order valence-electron chi connectivity index (χ0n) is 20.0. The van der Waals surface area contributed by atoms with Crippen molar-refractivity contribution in [2.45, 2.75) is 46.7 Å². The normalized spacial score (nSPS) is 10.8. The third-order valence-electron chi connectivity index (χ3n) is 5.50. The molecule has 2 heterocycles. The van der Waals surface area contributed by atoms with Crippen molar-refractivity contribution in [3.8, 4) is 0 Å². The van der Waals surface area contributed by atoms with Crippen molar-refractivity contribution < 1.29 is 9.59 Å². The molecule has 0 saturated carbocycles. The summed E-state index contributed by atoms with van der Waals surface area (Å²) in [6, 6.07) is 13.5. The van der Waals surface area contributed by atoms with Crippen LogP contribution in [0.3, 0.4) is 0 Å². The second-order valence-electron chi connectivity index (χ2n) is 8.83. The lowest BCUT2D eigenvalue weighted by Crippen LogP contribution is -2.36. The van der Waals surface area contributed by atoms with E-state index >= 15 is 0 Å². The van der Waals surface area contributed by atoms with E-state index in [2.05, 4.69) is 29.5 Å². The average Bonchev–Trinajstić information content (AvgIpc) is 2.83. The van der Waals surface area contributed by atoms with E-state index in [0.717, 1.165) is 23.2 Å². The highest BCUT2D eigenvalue weighted by Gasteiger charge is 2.19. The molecule has 1 aromatic carbocycles. The van der Waals surface area contributed by atoms with Gasteiger partial charge in [-0.25, -0.2) is 0 Å². The van der Waals surface area contributed by atoms with Gasteiger partial charge in [-0.15, -0.1) is 0 Å². The zero-order chi connectivity index (χ0) is 24.5. The molecule has 7 nitrogen and oxygen atoms in total. The van der Waals surface area contributed by atoms with E-state index in [1.54, 1.807) is 10.8 Å². The maximum absolute atomic E-state index is 13.1. The van der Waals surface area contributed by atoms with Crippen LogP contribution in [-0.4, -0.2) is 27.9 Å². The molecular formula is C27H32N4O3. The Morgan fingerprint density at radius 3 is 2.26 bits per heavy atom. The van der Waals surface area contributed by atoms with Crippen molar-refractivity contribution in [3.63, 3.8) is 0 Å². The first-order chi connectivity index (χ1) is 16.3. The van der Waals surface area contributed by atoms with Gasteiger partial charge in [-0.2, -0.15) is 0 Å². The van der Waals surface area contributed by atoms with Gasteiger partial charge in [0.15, 0.2) is 0 Å². The summed E-state index contributed by atoms with van der Waals surface area (Å²) < 4.78 is 1.72. The van der Waals surface area contributed by atoms with Gasteiger partial charge in [-0.3, -0.25) is 19.4 Å². The van der Waals surface area contributed by atoms with Gasteiger partial charge >= 0.3 is 0 Å². The highest BCUT2D eigenvalue weighted by atomic mass is 16.2. The lowest BCUT2D eigenvalue weighted by atomic mass is 10.1. The molecule has 0 aliphatic carbocycles. The van der Waals surface area contributed by atoms with Crippen LogP contribution in [-0.2, 0) is 19.5 Å². The minimum absolute atomic E-state index is 0.0345. The third kappa shape index (κ3) is 7.13. The Labute approximate surface area is 200 Å². The highest BCUT2D eigenvalue weighted by Crippen LogP contribution is 2.06. The van der Waals surface area contributed by atoms with E-state index in [1.807, 2.05) is 49.4 Å². The van der Waals surface area contributed by atoms with Gasteiger partial charge in [0, 0.05) is 50.3 Å². The molecule has 0 aliphatic heterocycles. The summed E-state index contributed by atoms with van der Waals surface area (Å²) in [5.74, 6) is -0.548. The second-order valence-corrected chi connectivity index (χ2v) is 8.83. The van der Waals surface area contributed by atoms with Crippen LogP contribution in [0.4, 0.5) is 0 Å². The molecule has 0 bridgehead atoms. The van der Waals surface area contributed by atoms with E-state index in [4.69, 9.17) is 0 Å². The topological polar surface area (TPSA) is 93.1 Å². The van der Waals surface area contributed by atoms with Crippen molar-refractivity contribution in [1.29, 1.82) is 0 Å². The first-order valence-corrected chi connectivity index (χ1v) is 11.6. The zero-order valence-corrected chi connectivity index (χ0v) is 20.0. The number of carbonyl (C=O) groups is 2. The van der Waals surface area contributed by atoms with Crippen LogP contribution in [0, 0.1) is 12.8 Å². The predicted octanol–water partition coefficient (Wildman–Crippen LogP) is 3.50. The van der Waals surface area contributed by atoms with Gasteiger partial charge in [0.25, 0.3) is 11.8 Å². The van der Waals surface area contributed by atoms with Gasteiger partial charge in [-0.1, -0.05) is 49.7 Å². The summed E-state index contributed by atoms with van der Waals surface area (Å²) in [6.07, 6.45) is 6.16. The van der Waals surface area contributed by atoms with Crippen molar-refractivity contribution in [1.82, 2.24) is 20.2 Å². The first-order valence-electron chi connectivity index (χ1n) is 11.6. The summed E-state index contributed by atoms with van der Waals surface area (Å²) in [5, 5.41) is 5.61. The smallest absolute Gasteiger partial charge is 0.257 e. The van der Waals surface area contributed by atoms with E-state index in [1.165, 1.54) is 12.4 Å². The Hall–Kier alpha value is -3.74. The molecule has 0 fully saturated rings. The Bertz CT molecular complexity index is 1170. The predicted molar refractivity (Wildman–Crippen MR) is 133 cm³/mol. The summed E-state index contributed by atoms with van der Waals surface area (Å²) in [5.41, 5.74) is 2.28. The number of pyridine rings is 2. The Kier molecular flexibility index (Phi) is 8.73. The maximum Gasteiger partial charge on any atom is 0.257 e. The van der Waals surface area contributed by atoms with Gasteiger partial charge in [-0.05, 0) is 37.0 Å². The number of aromatic nitrogens is 2. The largest absolute Gasteiger partial charge is 0.352 e. The first kappa shape index (κ1) is 24.9. The van der Waals surface area contributed by atoms with E-state index < -0.39 is 17.2 Å². The second kappa shape index (κ2) is 11.9. The molecule has 0 radical (unpaired) electrons. The lowest BCUT2D eigenvalue weighted by molar-refractivity contribution is 0.0948. The fourth-order valence-electron chi connectivity index (χ4n) is 3.43. The third-order valence-corrected chi connectivity index (χ3v) is 5.50. The number of rotatable bonds is 10. The van der Waals surface area contributed by atoms with Crippen molar-refractivity contribution in [2.24, 2.45) is 5.92 Å². The van der Waals surface area contributed by atoms with Crippen molar-refractivity contribution in [2.75, 3.05) is 6.54 Å². The maximum atomic E-state index is 13.1. The molecular weight excluding hydrogens is 428 g/mol.